The molecular formula is C19H20F3N3O3S. The topological polar surface area (TPSA) is 69.4 Å². The lowest BCUT2D eigenvalue weighted by Gasteiger charge is -2.10. The summed E-state index contributed by atoms with van der Waals surface area (Å²) in [6.45, 7) is 4.20. The minimum Gasteiger partial charge on any atom is -0.478 e. The number of hydrogen-bond donors (Lipinski definition) is 1. The second-order valence-corrected chi connectivity index (χ2v) is 7.12. The van der Waals surface area contributed by atoms with Gasteiger partial charge in [-0.05, 0) is 26.0 Å². The maximum Gasteiger partial charge on any atom is 0.416 e. The first-order valence-corrected chi connectivity index (χ1v) is 9.75. The molecule has 0 aliphatic carbocycles. The van der Waals surface area contributed by atoms with Crippen molar-refractivity contribution in [3.8, 4) is 17.1 Å². The van der Waals surface area contributed by atoms with Crippen molar-refractivity contribution in [3.05, 3.63) is 52.0 Å². The Morgan fingerprint density at radius 1 is 1.31 bits per heavy atom. The van der Waals surface area contributed by atoms with E-state index in [0.717, 1.165) is 12.1 Å². The van der Waals surface area contributed by atoms with Crippen LogP contribution in [-0.2, 0) is 24.1 Å². The summed E-state index contributed by atoms with van der Waals surface area (Å²) in [6.07, 6.45) is -3.72. The van der Waals surface area contributed by atoms with Gasteiger partial charge in [-0.1, -0.05) is 12.1 Å². The number of alkyl halides is 3. The van der Waals surface area contributed by atoms with Crippen molar-refractivity contribution in [2.24, 2.45) is 0 Å². The van der Waals surface area contributed by atoms with Crippen LogP contribution in [0, 0.1) is 0 Å². The lowest BCUT2D eigenvalue weighted by Crippen LogP contribution is -2.09. The third-order valence-electron chi connectivity index (χ3n) is 3.95. The zero-order chi connectivity index (χ0) is 21.0. The number of hydrogen-bond acceptors (Lipinski definition) is 6. The van der Waals surface area contributed by atoms with E-state index in [1.807, 2.05) is 6.92 Å². The number of aliphatic hydroxyl groups excluding tert-OH is 1. The summed E-state index contributed by atoms with van der Waals surface area (Å²) >= 11 is 1.33. The molecule has 0 amide bonds. The third kappa shape index (κ3) is 5.34. The van der Waals surface area contributed by atoms with Gasteiger partial charge in [-0.2, -0.15) is 18.3 Å². The van der Waals surface area contributed by atoms with Gasteiger partial charge in [0.25, 0.3) is 0 Å². The second-order valence-electron chi connectivity index (χ2n) is 6.18. The molecule has 1 aromatic carbocycles. The van der Waals surface area contributed by atoms with Gasteiger partial charge in [0.05, 0.1) is 42.8 Å². The maximum absolute atomic E-state index is 12.9. The Hall–Kier alpha value is -2.43. The van der Waals surface area contributed by atoms with Gasteiger partial charge < -0.3 is 14.6 Å². The first kappa shape index (κ1) is 21.3. The summed E-state index contributed by atoms with van der Waals surface area (Å²) in [6, 6.07) is 5.08. The molecule has 10 heteroatoms. The highest BCUT2D eigenvalue weighted by Crippen LogP contribution is 2.32. The molecule has 0 radical (unpaired) electrons. The van der Waals surface area contributed by atoms with E-state index in [1.54, 1.807) is 22.3 Å². The fourth-order valence-corrected chi connectivity index (χ4v) is 3.42. The molecule has 1 unspecified atom stereocenters. The summed E-state index contributed by atoms with van der Waals surface area (Å²) in [4.78, 5) is 4.45. The molecule has 0 spiro atoms. The molecule has 1 N–H and O–H groups in total. The van der Waals surface area contributed by atoms with Crippen molar-refractivity contribution in [3.63, 3.8) is 0 Å². The Morgan fingerprint density at radius 3 is 2.79 bits per heavy atom. The number of ether oxygens (including phenoxy) is 2. The van der Waals surface area contributed by atoms with Crippen molar-refractivity contribution in [2.45, 2.75) is 39.5 Å². The summed E-state index contributed by atoms with van der Waals surface area (Å²) < 4.78 is 51.3. The average Bonchev–Trinajstić information content (AvgIpc) is 3.28. The van der Waals surface area contributed by atoms with E-state index in [9.17, 15) is 18.3 Å². The number of aromatic nitrogens is 3. The van der Waals surface area contributed by atoms with Gasteiger partial charge in [0.15, 0.2) is 6.29 Å². The molecule has 3 rings (SSSR count). The van der Waals surface area contributed by atoms with Gasteiger partial charge in [-0.3, -0.25) is 0 Å². The van der Waals surface area contributed by atoms with E-state index < -0.39 is 18.0 Å². The minimum atomic E-state index is -4.40. The van der Waals surface area contributed by atoms with E-state index in [0.29, 0.717) is 40.9 Å². The van der Waals surface area contributed by atoms with Crippen LogP contribution in [0.3, 0.4) is 0 Å². The molecule has 29 heavy (non-hydrogen) atoms. The number of aliphatic hydroxyl groups is 1. The molecule has 0 aliphatic heterocycles. The predicted octanol–water partition coefficient (Wildman–Crippen LogP) is 4.33. The zero-order valence-electron chi connectivity index (χ0n) is 15.8. The third-order valence-corrected chi connectivity index (χ3v) is 4.78. The molecule has 6 nitrogen and oxygen atoms in total. The lowest BCUT2D eigenvalue weighted by atomic mass is 10.1. The zero-order valence-corrected chi connectivity index (χ0v) is 16.6. The van der Waals surface area contributed by atoms with Crippen LogP contribution in [0.1, 0.15) is 30.0 Å². The van der Waals surface area contributed by atoms with Crippen molar-refractivity contribution >= 4 is 11.3 Å². The van der Waals surface area contributed by atoms with Crippen LogP contribution in [0.4, 0.5) is 13.2 Å². The van der Waals surface area contributed by atoms with Gasteiger partial charge in [-0.15, -0.1) is 11.3 Å². The predicted molar refractivity (Wildman–Crippen MR) is 102 cm³/mol. The number of nitrogens with zero attached hydrogens (tertiary/aromatic N) is 3. The molecule has 0 aliphatic rings. The van der Waals surface area contributed by atoms with E-state index in [-0.39, 0.29) is 6.61 Å². The molecule has 1 atom stereocenters. The van der Waals surface area contributed by atoms with Crippen LogP contribution < -0.4 is 4.74 Å². The van der Waals surface area contributed by atoms with E-state index in [1.165, 1.54) is 24.3 Å². The summed E-state index contributed by atoms with van der Waals surface area (Å²) in [5, 5.41) is 16.0. The highest BCUT2D eigenvalue weighted by Gasteiger charge is 2.30. The van der Waals surface area contributed by atoms with Crippen molar-refractivity contribution < 1.29 is 27.8 Å². The van der Waals surface area contributed by atoms with Gasteiger partial charge in [0, 0.05) is 10.9 Å². The second kappa shape index (κ2) is 8.93. The number of benzene rings is 1. The standard InChI is InChI=1S/C19H20F3N3O3S/c1-3-27-18-14(10-28-12(2)26)8-23-25(18)9-17-24-16(11-29-17)13-5-4-6-15(7-13)19(20,21)22/h4-8,11-12,26H,3,9-10H2,1-2H3. The van der Waals surface area contributed by atoms with E-state index in [4.69, 9.17) is 9.47 Å². The van der Waals surface area contributed by atoms with Crippen LogP contribution in [0.25, 0.3) is 11.3 Å². The molecule has 2 heterocycles. The molecular weight excluding hydrogens is 407 g/mol. The Balaban J connectivity index is 1.80. The highest BCUT2D eigenvalue weighted by atomic mass is 32.1. The molecule has 0 saturated heterocycles. The Labute approximate surface area is 169 Å². The van der Waals surface area contributed by atoms with Crippen LogP contribution in [-0.4, -0.2) is 32.8 Å². The SMILES string of the molecule is CCOc1c(COC(C)O)cnn1Cc1nc(-c2cccc(C(F)(F)F)c2)cs1. The van der Waals surface area contributed by atoms with Crippen LogP contribution in [0.15, 0.2) is 35.8 Å². The monoisotopic (exact) mass is 427 g/mol. The number of halogens is 3. The average molecular weight is 427 g/mol. The largest absolute Gasteiger partial charge is 0.478 e. The smallest absolute Gasteiger partial charge is 0.416 e. The molecule has 2 aromatic heterocycles. The van der Waals surface area contributed by atoms with Crippen molar-refractivity contribution in [2.75, 3.05) is 6.61 Å². The molecule has 0 bridgehead atoms. The van der Waals surface area contributed by atoms with Crippen LogP contribution in [0.5, 0.6) is 5.88 Å². The van der Waals surface area contributed by atoms with Gasteiger partial charge >= 0.3 is 6.18 Å². The minimum absolute atomic E-state index is 0.139. The van der Waals surface area contributed by atoms with Gasteiger partial charge in [0.1, 0.15) is 5.01 Å². The Kier molecular flexibility index (Phi) is 6.56. The molecule has 0 saturated carbocycles. The molecule has 0 fully saturated rings. The summed E-state index contributed by atoms with van der Waals surface area (Å²) in [5.74, 6) is 0.504. The van der Waals surface area contributed by atoms with Crippen LogP contribution >= 0.6 is 11.3 Å². The molecule has 3 aromatic rings. The van der Waals surface area contributed by atoms with Crippen LogP contribution in [0.2, 0.25) is 0 Å². The Bertz CT molecular complexity index is 954. The summed E-state index contributed by atoms with van der Waals surface area (Å²) in [5.41, 5.74) is 0.846. The highest BCUT2D eigenvalue weighted by molar-refractivity contribution is 7.09. The van der Waals surface area contributed by atoms with Gasteiger partial charge in [0.2, 0.25) is 5.88 Å². The van der Waals surface area contributed by atoms with E-state index in [2.05, 4.69) is 10.1 Å². The summed E-state index contributed by atoms with van der Waals surface area (Å²) in [7, 11) is 0. The van der Waals surface area contributed by atoms with Crippen molar-refractivity contribution in [1.29, 1.82) is 0 Å². The lowest BCUT2D eigenvalue weighted by molar-refractivity contribution is -0.137. The van der Waals surface area contributed by atoms with E-state index >= 15 is 0 Å². The van der Waals surface area contributed by atoms with Crippen molar-refractivity contribution in [1.82, 2.24) is 14.8 Å². The fourth-order valence-electron chi connectivity index (χ4n) is 2.64. The number of rotatable bonds is 8. The fraction of sp³-hybridized carbons (Fsp3) is 0.368. The normalized spacial score (nSPS) is 12.9. The quantitative estimate of drug-likeness (QED) is 0.542. The maximum atomic E-state index is 12.9. The first-order valence-electron chi connectivity index (χ1n) is 8.87. The number of thiazole rings is 1. The Morgan fingerprint density at radius 2 is 2.10 bits per heavy atom. The molecule has 156 valence electrons. The first-order chi connectivity index (χ1) is 13.8. The van der Waals surface area contributed by atoms with Gasteiger partial charge in [-0.25, -0.2) is 9.67 Å².